The van der Waals surface area contributed by atoms with Crippen molar-refractivity contribution >= 4 is 29.4 Å². The second-order valence-corrected chi connectivity index (χ2v) is 10.4. The van der Waals surface area contributed by atoms with Crippen molar-refractivity contribution in [3.05, 3.63) is 99.7 Å². The molecule has 5 N–H and O–H groups in total. The maximum Gasteiger partial charge on any atom is 0.491 e. The number of methoxy groups -OCH3 is 1. The van der Waals surface area contributed by atoms with Crippen LogP contribution in [-0.4, -0.2) is 76.8 Å². The summed E-state index contributed by atoms with van der Waals surface area (Å²) in [5.41, 5.74) is 5.30. The summed E-state index contributed by atoms with van der Waals surface area (Å²) in [7, 11) is 4.57. The highest BCUT2D eigenvalue weighted by molar-refractivity contribution is 6.00. The van der Waals surface area contributed by atoms with Gasteiger partial charge in [-0.05, 0) is 61.0 Å². The number of carbonyl (C=O) groups is 3. The number of nitrogens with two attached hydrogens (primary N) is 1. The number of amides is 1. The number of aromatic amines is 1. The summed E-state index contributed by atoms with van der Waals surface area (Å²) in [5, 5.41) is 15.2. The number of alkyl halides is 3. The van der Waals surface area contributed by atoms with Crippen molar-refractivity contribution in [3.63, 3.8) is 0 Å². The minimum Gasteiger partial charge on any atom is -0.493 e. The van der Waals surface area contributed by atoms with E-state index < -0.39 is 41.5 Å². The number of esters is 2. The Kier molecular flexibility index (Phi) is 10.2. The van der Waals surface area contributed by atoms with Crippen LogP contribution >= 0.6 is 0 Å². The van der Waals surface area contributed by atoms with E-state index in [0.717, 1.165) is 10.7 Å². The van der Waals surface area contributed by atoms with Gasteiger partial charge in [0.05, 0.1) is 18.4 Å². The van der Waals surface area contributed by atoms with E-state index in [9.17, 15) is 32.3 Å². The molecule has 0 saturated heterocycles. The number of rotatable bonds is 11. The summed E-state index contributed by atoms with van der Waals surface area (Å²) in [4.78, 5) is 53.5. The fourth-order valence-electron chi connectivity index (χ4n) is 4.45. The lowest BCUT2D eigenvalue weighted by Crippen LogP contribution is -2.35. The predicted molar refractivity (Wildman–Crippen MR) is 165 cm³/mol. The van der Waals surface area contributed by atoms with Gasteiger partial charge in [-0.25, -0.2) is 14.4 Å². The standard InChI is InChI=1S/C31H30F3N7O7/c1-16(27(42)40(2)3)47-22-14-11-18(15-23(22)46-4)24(37-19-12-9-17(10-13-19)25(35)36)26-38-30(45)41(39-26)21-8-6-5-7-20(21)28(43)48-29(44)31(32,33)34/h5-16,24,37H,1-4H3,(H3,35,36)(H,38,39,45). The number of hydrogen-bond donors (Lipinski definition) is 4. The summed E-state index contributed by atoms with van der Waals surface area (Å²) in [5.74, 6) is -4.35. The van der Waals surface area contributed by atoms with Crippen LogP contribution in [0.15, 0.2) is 71.5 Å². The number of nitrogens with zero attached hydrogens (tertiary/aromatic N) is 3. The molecule has 0 aliphatic rings. The molecule has 0 aliphatic carbocycles. The molecule has 4 aromatic rings. The van der Waals surface area contributed by atoms with Gasteiger partial charge in [-0.1, -0.05) is 18.2 Å². The Morgan fingerprint density at radius 3 is 2.31 bits per heavy atom. The average Bonchev–Trinajstić information content (AvgIpc) is 3.43. The Morgan fingerprint density at radius 2 is 1.71 bits per heavy atom. The molecular weight excluding hydrogens is 639 g/mol. The molecule has 1 heterocycles. The number of H-pyrrole nitrogens is 1. The number of nitrogen functional groups attached to an aromatic ring is 1. The Balaban J connectivity index is 1.78. The molecule has 0 radical (unpaired) electrons. The smallest absolute Gasteiger partial charge is 0.491 e. The molecule has 17 heteroatoms. The van der Waals surface area contributed by atoms with Gasteiger partial charge >= 0.3 is 23.8 Å². The summed E-state index contributed by atoms with van der Waals surface area (Å²) in [6, 6.07) is 15.3. The molecule has 0 saturated carbocycles. The molecule has 0 aliphatic heterocycles. The van der Waals surface area contributed by atoms with Gasteiger partial charge in [0.2, 0.25) is 0 Å². The third-order valence-electron chi connectivity index (χ3n) is 6.80. The Labute approximate surface area is 270 Å². The summed E-state index contributed by atoms with van der Waals surface area (Å²) >= 11 is 0. The van der Waals surface area contributed by atoms with Crippen molar-refractivity contribution in [2.24, 2.45) is 5.73 Å². The second-order valence-electron chi connectivity index (χ2n) is 10.4. The van der Waals surface area contributed by atoms with Crippen molar-refractivity contribution in [3.8, 4) is 17.2 Å². The molecule has 0 bridgehead atoms. The van der Waals surface area contributed by atoms with Crippen LogP contribution in [0.4, 0.5) is 18.9 Å². The molecule has 14 nitrogen and oxygen atoms in total. The quantitative estimate of drug-likeness (QED) is 0.0798. The molecule has 2 atom stereocenters. The lowest BCUT2D eigenvalue weighted by molar-refractivity contribution is -0.193. The fraction of sp³-hybridized carbons (Fsp3) is 0.226. The third kappa shape index (κ3) is 7.80. The zero-order chi connectivity index (χ0) is 35.3. The monoisotopic (exact) mass is 669 g/mol. The number of hydrogen-bond acceptors (Lipinski definition) is 10. The summed E-state index contributed by atoms with van der Waals surface area (Å²) in [6.07, 6.45) is -6.27. The molecule has 4 rings (SSSR count). The number of aromatic nitrogens is 3. The Hall–Kier alpha value is -6.13. The van der Waals surface area contributed by atoms with Gasteiger partial charge in [0.1, 0.15) is 11.9 Å². The first-order valence-electron chi connectivity index (χ1n) is 14.0. The van der Waals surface area contributed by atoms with E-state index in [0.29, 0.717) is 16.8 Å². The number of benzene rings is 3. The fourth-order valence-corrected chi connectivity index (χ4v) is 4.45. The molecule has 3 aromatic carbocycles. The van der Waals surface area contributed by atoms with Crippen LogP contribution in [0.5, 0.6) is 11.5 Å². The van der Waals surface area contributed by atoms with E-state index in [1.54, 1.807) is 63.5 Å². The first-order valence-corrected chi connectivity index (χ1v) is 14.0. The third-order valence-corrected chi connectivity index (χ3v) is 6.80. The number of carbonyl (C=O) groups excluding carboxylic acids is 3. The van der Waals surface area contributed by atoms with E-state index in [1.165, 1.54) is 30.2 Å². The minimum absolute atomic E-state index is 0.0166. The van der Waals surface area contributed by atoms with E-state index in [2.05, 4.69) is 20.1 Å². The maximum absolute atomic E-state index is 13.2. The molecule has 48 heavy (non-hydrogen) atoms. The highest BCUT2D eigenvalue weighted by Crippen LogP contribution is 2.34. The molecule has 0 fully saturated rings. The summed E-state index contributed by atoms with van der Waals surface area (Å²) < 4.78 is 54.4. The number of likely N-dealkylation sites (N-methyl/N-ethyl adjacent to an activating group) is 1. The van der Waals surface area contributed by atoms with Crippen molar-refractivity contribution in [2.45, 2.75) is 25.2 Å². The topological polar surface area (TPSA) is 195 Å². The van der Waals surface area contributed by atoms with Gasteiger partial charge < -0.3 is 30.2 Å². The van der Waals surface area contributed by atoms with Gasteiger partial charge in [0.15, 0.2) is 23.4 Å². The first kappa shape index (κ1) is 34.7. The summed E-state index contributed by atoms with van der Waals surface area (Å²) in [6.45, 7) is 1.58. The van der Waals surface area contributed by atoms with Gasteiger partial charge in [0.25, 0.3) is 5.91 Å². The van der Waals surface area contributed by atoms with Gasteiger partial charge in [-0.15, -0.1) is 5.10 Å². The highest BCUT2D eigenvalue weighted by Gasteiger charge is 2.43. The lowest BCUT2D eigenvalue weighted by Gasteiger charge is -2.22. The van der Waals surface area contributed by atoms with Gasteiger partial charge in [-0.2, -0.15) is 17.9 Å². The van der Waals surface area contributed by atoms with Crippen LogP contribution in [0.2, 0.25) is 0 Å². The van der Waals surface area contributed by atoms with E-state index in [-0.39, 0.29) is 34.8 Å². The van der Waals surface area contributed by atoms with Gasteiger partial charge in [-0.3, -0.25) is 15.2 Å². The van der Waals surface area contributed by atoms with Crippen LogP contribution in [0.1, 0.15) is 40.3 Å². The van der Waals surface area contributed by atoms with Crippen molar-refractivity contribution < 1.29 is 41.8 Å². The van der Waals surface area contributed by atoms with Crippen LogP contribution < -0.4 is 26.2 Å². The largest absolute Gasteiger partial charge is 0.493 e. The molecule has 1 aromatic heterocycles. The minimum atomic E-state index is -5.43. The molecule has 2 unspecified atom stereocenters. The average molecular weight is 670 g/mol. The number of halogens is 3. The predicted octanol–water partition coefficient (Wildman–Crippen LogP) is 3.16. The second kappa shape index (κ2) is 14.1. The number of ether oxygens (including phenoxy) is 3. The van der Waals surface area contributed by atoms with E-state index in [1.807, 2.05) is 0 Å². The Morgan fingerprint density at radius 1 is 1.04 bits per heavy atom. The van der Waals surface area contributed by atoms with Gasteiger partial charge in [0, 0.05) is 25.3 Å². The highest BCUT2D eigenvalue weighted by atomic mass is 19.4. The van der Waals surface area contributed by atoms with E-state index >= 15 is 0 Å². The van der Waals surface area contributed by atoms with Crippen molar-refractivity contribution in [1.29, 1.82) is 5.41 Å². The van der Waals surface area contributed by atoms with E-state index in [4.69, 9.17) is 20.6 Å². The zero-order valence-electron chi connectivity index (χ0n) is 25.9. The normalized spacial score (nSPS) is 12.4. The zero-order valence-corrected chi connectivity index (χ0v) is 25.9. The molecular formula is C31H30F3N7O7. The number of para-hydroxylation sites is 1. The SMILES string of the molecule is COc1cc(C(Nc2ccc(C(=N)N)cc2)c2nn(-c3ccccc3C(=O)OC(=O)C(F)(F)F)c(=O)[nH]2)ccc1OC(C)C(=O)N(C)C. The van der Waals surface area contributed by atoms with Crippen molar-refractivity contribution in [1.82, 2.24) is 19.7 Å². The van der Waals surface area contributed by atoms with Crippen LogP contribution in [0, 0.1) is 5.41 Å². The first-order chi connectivity index (χ1) is 22.6. The number of amidine groups is 1. The molecule has 1 amide bonds. The number of nitrogens with one attached hydrogen (secondary N) is 3. The molecule has 0 spiro atoms. The molecule has 252 valence electrons. The lowest BCUT2D eigenvalue weighted by atomic mass is 10.0. The number of anilines is 1. The van der Waals surface area contributed by atoms with Crippen LogP contribution in [0.3, 0.4) is 0 Å². The van der Waals surface area contributed by atoms with Crippen LogP contribution in [-0.2, 0) is 14.3 Å². The Bertz CT molecular complexity index is 1900. The maximum atomic E-state index is 13.2. The van der Waals surface area contributed by atoms with Crippen LogP contribution in [0.25, 0.3) is 5.69 Å². The van der Waals surface area contributed by atoms with Crippen molar-refractivity contribution in [2.75, 3.05) is 26.5 Å².